The molecule has 0 fully saturated rings. The molecule has 0 aliphatic rings. The summed E-state index contributed by atoms with van der Waals surface area (Å²) in [6.45, 7) is 8.35. The minimum atomic E-state index is -0.324. The summed E-state index contributed by atoms with van der Waals surface area (Å²) >= 11 is 0. The number of hydrogen-bond acceptors (Lipinski definition) is 3. The molecule has 2 aromatic rings. The second-order valence-electron chi connectivity index (χ2n) is 6.17. The Morgan fingerprint density at radius 2 is 1.79 bits per heavy atom. The molecule has 1 aromatic heterocycles. The summed E-state index contributed by atoms with van der Waals surface area (Å²) < 4.78 is 1.85. The Bertz CT molecular complexity index is 719. The van der Waals surface area contributed by atoms with Gasteiger partial charge in [-0.3, -0.25) is 14.3 Å². The van der Waals surface area contributed by atoms with Crippen LogP contribution in [0, 0.1) is 20.8 Å². The number of carbonyl (C=O) groups excluding carboxylic acids is 2. The maximum absolute atomic E-state index is 12.0. The lowest BCUT2D eigenvalue weighted by Gasteiger charge is -2.15. The van der Waals surface area contributed by atoms with Crippen molar-refractivity contribution in [3.8, 4) is 0 Å². The first kappa shape index (κ1) is 17.7. The minimum absolute atomic E-state index is 0.109. The van der Waals surface area contributed by atoms with Crippen molar-refractivity contribution in [3.63, 3.8) is 0 Å². The lowest BCUT2D eigenvalue weighted by molar-refractivity contribution is -0.127. The Kier molecular flexibility index (Phi) is 5.73. The molecular weight excluding hydrogens is 304 g/mol. The van der Waals surface area contributed by atoms with Gasteiger partial charge in [-0.2, -0.15) is 5.10 Å². The first-order valence-electron chi connectivity index (χ1n) is 8.00. The van der Waals surface area contributed by atoms with Crippen LogP contribution in [0.2, 0.25) is 0 Å². The van der Waals surface area contributed by atoms with Gasteiger partial charge in [0.1, 0.15) is 6.42 Å². The Hall–Kier alpha value is -2.63. The number of anilines is 1. The normalized spacial score (nSPS) is 11.8. The molecule has 1 aromatic carbocycles. The number of nitrogens with zero attached hydrogens (tertiary/aromatic N) is 2. The molecule has 24 heavy (non-hydrogen) atoms. The maximum atomic E-state index is 12.0. The molecule has 2 amide bonds. The molecule has 0 aliphatic carbocycles. The number of aromatic nitrogens is 2. The monoisotopic (exact) mass is 328 g/mol. The van der Waals surface area contributed by atoms with Crippen molar-refractivity contribution in [1.82, 2.24) is 15.1 Å². The molecule has 1 heterocycles. The molecule has 1 unspecified atom stereocenters. The fourth-order valence-corrected chi connectivity index (χ4v) is 2.48. The Labute approximate surface area is 142 Å². The van der Waals surface area contributed by atoms with E-state index in [1.165, 1.54) is 0 Å². The lowest BCUT2D eigenvalue weighted by Crippen LogP contribution is -2.37. The molecule has 2 rings (SSSR count). The van der Waals surface area contributed by atoms with Crippen LogP contribution in [0.1, 0.15) is 30.3 Å². The zero-order chi connectivity index (χ0) is 17.7. The van der Waals surface area contributed by atoms with Gasteiger partial charge >= 0.3 is 0 Å². The van der Waals surface area contributed by atoms with Crippen LogP contribution in [0.25, 0.3) is 0 Å². The fourth-order valence-electron chi connectivity index (χ4n) is 2.48. The smallest absolute Gasteiger partial charge is 0.233 e. The van der Waals surface area contributed by atoms with E-state index < -0.39 is 0 Å². The molecule has 1 atom stereocenters. The summed E-state index contributed by atoms with van der Waals surface area (Å²) in [5, 5.41) is 9.92. The third-order valence-corrected chi connectivity index (χ3v) is 3.61. The maximum Gasteiger partial charge on any atom is 0.233 e. The minimum Gasteiger partial charge on any atom is -0.351 e. The fraction of sp³-hybridized carbons (Fsp3) is 0.389. The highest BCUT2D eigenvalue weighted by atomic mass is 16.2. The standard InChI is InChI=1S/C18H24N4O2/c1-12-5-7-16(8-6-12)20-18(24)10-17(23)19-14(3)11-22-15(4)9-13(2)21-22/h5-9,14H,10-11H2,1-4H3,(H,19,23)(H,20,24). The second kappa shape index (κ2) is 7.77. The zero-order valence-electron chi connectivity index (χ0n) is 14.6. The van der Waals surface area contributed by atoms with Crippen LogP contribution in [0.5, 0.6) is 0 Å². The average molecular weight is 328 g/mol. The van der Waals surface area contributed by atoms with E-state index in [1.54, 1.807) is 0 Å². The van der Waals surface area contributed by atoms with Gasteiger partial charge in [-0.05, 0) is 45.9 Å². The summed E-state index contributed by atoms with van der Waals surface area (Å²) in [6, 6.07) is 9.33. The molecule has 6 heteroatoms. The molecule has 0 aliphatic heterocycles. The van der Waals surface area contributed by atoms with Crippen molar-refractivity contribution in [1.29, 1.82) is 0 Å². The van der Waals surface area contributed by atoms with Gasteiger partial charge < -0.3 is 10.6 Å². The van der Waals surface area contributed by atoms with E-state index in [1.807, 2.05) is 62.7 Å². The van der Waals surface area contributed by atoms with Crippen LogP contribution in [0.15, 0.2) is 30.3 Å². The predicted octanol–water partition coefficient (Wildman–Crippen LogP) is 2.34. The number of amides is 2. The second-order valence-corrected chi connectivity index (χ2v) is 6.17. The Morgan fingerprint density at radius 3 is 2.38 bits per heavy atom. The molecule has 128 valence electrons. The Balaban J connectivity index is 1.80. The van der Waals surface area contributed by atoms with Crippen LogP contribution >= 0.6 is 0 Å². The largest absolute Gasteiger partial charge is 0.351 e. The number of hydrogen-bond donors (Lipinski definition) is 2. The summed E-state index contributed by atoms with van der Waals surface area (Å²) in [7, 11) is 0. The summed E-state index contributed by atoms with van der Waals surface area (Å²) in [5.41, 5.74) is 3.80. The highest BCUT2D eigenvalue weighted by Crippen LogP contribution is 2.09. The highest BCUT2D eigenvalue weighted by molar-refractivity contribution is 6.03. The number of rotatable bonds is 6. The van der Waals surface area contributed by atoms with E-state index in [-0.39, 0.29) is 24.3 Å². The summed E-state index contributed by atoms with van der Waals surface area (Å²) in [4.78, 5) is 23.9. The highest BCUT2D eigenvalue weighted by Gasteiger charge is 2.14. The topological polar surface area (TPSA) is 76.0 Å². The third kappa shape index (κ3) is 5.22. The van der Waals surface area contributed by atoms with Crippen molar-refractivity contribution in [2.75, 3.05) is 5.32 Å². The van der Waals surface area contributed by atoms with Crippen molar-refractivity contribution in [3.05, 3.63) is 47.3 Å². The molecule has 2 N–H and O–H groups in total. The van der Waals surface area contributed by atoms with Gasteiger partial charge in [0, 0.05) is 17.4 Å². The summed E-state index contributed by atoms with van der Waals surface area (Å²) in [5.74, 6) is -0.622. The average Bonchev–Trinajstić information content (AvgIpc) is 2.78. The van der Waals surface area contributed by atoms with Gasteiger partial charge in [-0.15, -0.1) is 0 Å². The number of carbonyl (C=O) groups is 2. The van der Waals surface area contributed by atoms with Crippen molar-refractivity contribution in [2.24, 2.45) is 0 Å². The zero-order valence-corrected chi connectivity index (χ0v) is 14.6. The quantitative estimate of drug-likeness (QED) is 0.799. The van der Waals surface area contributed by atoms with E-state index in [0.29, 0.717) is 12.2 Å². The molecular formula is C18H24N4O2. The van der Waals surface area contributed by atoms with Crippen LogP contribution in [-0.2, 0) is 16.1 Å². The van der Waals surface area contributed by atoms with Crippen LogP contribution in [-0.4, -0.2) is 27.6 Å². The van der Waals surface area contributed by atoms with Crippen LogP contribution in [0.3, 0.4) is 0 Å². The van der Waals surface area contributed by atoms with Crippen LogP contribution in [0.4, 0.5) is 5.69 Å². The SMILES string of the molecule is Cc1ccc(NC(=O)CC(=O)NC(C)Cn2nc(C)cc2C)cc1. The third-order valence-electron chi connectivity index (χ3n) is 3.61. The van der Waals surface area contributed by atoms with Gasteiger partial charge in [-0.1, -0.05) is 17.7 Å². The summed E-state index contributed by atoms with van der Waals surface area (Å²) in [6.07, 6.45) is -0.199. The number of nitrogens with one attached hydrogen (secondary N) is 2. The van der Waals surface area contributed by atoms with Crippen molar-refractivity contribution >= 4 is 17.5 Å². The van der Waals surface area contributed by atoms with Gasteiger partial charge in [0.2, 0.25) is 11.8 Å². The van der Waals surface area contributed by atoms with Gasteiger partial charge in [0.05, 0.1) is 12.2 Å². The van der Waals surface area contributed by atoms with Crippen molar-refractivity contribution < 1.29 is 9.59 Å². The molecule has 6 nitrogen and oxygen atoms in total. The van der Waals surface area contributed by atoms with Crippen molar-refractivity contribution in [2.45, 2.75) is 46.7 Å². The first-order valence-corrected chi connectivity index (χ1v) is 8.00. The van der Waals surface area contributed by atoms with E-state index in [0.717, 1.165) is 17.0 Å². The van der Waals surface area contributed by atoms with Gasteiger partial charge in [0.15, 0.2) is 0 Å². The first-order chi connectivity index (χ1) is 11.3. The molecule has 0 saturated heterocycles. The number of benzene rings is 1. The molecule has 0 radical (unpaired) electrons. The van der Waals surface area contributed by atoms with E-state index in [2.05, 4.69) is 15.7 Å². The van der Waals surface area contributed by atoms with E-state index in [9.17, 15) is 9.59 Å². The molecule has 0 spiro atoms. The van der Waals surface area contributed by atoms with Gasteiger partial charge in [0.25, 0.3) is 0 Å². The van der Waals surface area contributed by atoms with E-state index >= 15 is 0 Å². The van der Waals surface area contributed by atoms with Gasteiger partial charge in [-0.25, -0.2) is 0 Å². The lowest BCUT2D eigenvalue weighted by atomic mass is 10.2. The van der Waals surface area contributed by atoms with Crippen LogP contribution < -0.4 is 10.6 Å². The molecule has 0 saturated carbocycles. The Morgan fingerprint density at radius 1 is 1.12 bits per heavy atom. The predicted molar refractivity (Wildman–Crippen MR) is 93.7 cm³/mol. The van der Waals surface area contributed by atoms with E-state index in [4.69, 9.17) is 0 Å². The number of aryl methyl sites for hydroxylation is 3. The molecule has 0 bridgehead atoms.